The van der Waals surface area contributed by atoms with Gasteiger partial charge in [0, 0.05) is 11.9 Å². The van der Waals surface area contributed by atoms with Crippen LogP contribution in [0.1, 0.15) is 36.6 Å². The van der Waals surface area contributed by atoms with Gasteiger partial charge in [-0.1, -0.05) is 31.2 Å². The number of nitrogens with one attached hydrogen (secondary N) is 2. The van der Waals surface area contributed by atoms with Crippen LogP contribution in [0.15, 0.2) is 60.3 Å². The van der Waals surface area contributed by atoms with Crippen LogP contribution < -0.4 is 10.6 Å². The Balaban J connectivity index is 2.02. The molecular weight excluding hydrogens is 324 g/mol. The topological polar surface area (TPSA) is 88.7 Å². The van der Waals surface area contributed by atoms with Crippen molar-refractivity contribution < 1.29 is 4.79 Å². The maximum absolute atomic E-state index is 12.3. The van der Waals surface area contributed by atoms with Gasteiger partial charge in [0.05, 0.1) is 17.7 Å². The van der Waals surface area contributed by atoms with Crippen LogP contribution in [0.25, 0.3) is 0 Å². The molecule has 0 saturated heterocycles. The molecule has 2 aromatic carbocycles. The summed E-state index contributed by atoms with van der Waals surface area (Å²) in [5.41, 5.74) is 3.42. The molecule has 0 aliphatic heterocycles. The number of amides is 1. The minimum absolute atomic E-state index is 0.0219. The molecule has 0 aromatic heterocycles. The molecule has 5 heteroatoms. The SMILES string of the molecule is CCc1ccc(C(C)NC(=O)/C(C#N)=C\Nc2ccc(C#N)cc2)cc1. The predicted molar refractivity (Wildman–Crippen MR) is 101 cm³/mol. The van der Waals surface area contributed by atoms with Gasteiger partial charge >= 0.3 is 0 Å². The third kappa shape index (κ3) is 4.96. The first-order chi connectivity index (χ1) is 12.6. The van der Waals surface area contributed by atoms with Gasteiger partial charge < -0.3 is 10.6 Å². The van der Waals surface area contributed by atoms with E-state index in [4.69, 9.17) is 5.26 Å². The van der Waals surface area contributed by atoms with Gasteiger partial charge in [0.2, 0.25) is 0 Å². The zero-order valence-corrected chi connectivity index (χ0v) is 14.8. The Morgan fingerprint density at radius 1 is 1.12 bits per heavy atom. The molecule has 1 atom stereocenters. The summed E-state index contributed by atoms with van der Waals surface area (Å²) in [6.07, 6.45) is 2.33. The van der Waals surface area contributed by atoms with E-state index in [9.17, 15) is 10.1 Å². The van der Waals surface area contributed by atoms with Crippen molar-refractivity contribution in [2.24, 2.45) is 0 Å². The molecule has 26 heavy (non-hydrogen) atoms. The van der Waals surface area contributed by atoms with Gasteiger partial charge in [0.15, 0.2) is 0 Å². The van der Waals surface area contributed by atoms with E-state index in [1.165, 1.54) is 11.8 Å². The lowest BCUT2D eigenvalue weighted by Crippen LogP contribution is -2.28. The number of benzene rings is 2. The second-order valence-electron chi connectivity index (χ2n) is 5.79. The molecule has 5 nitrogen and oxygen atoms in total. The summed E-state index contributed by atoms with van der Waals surface area (Å²) < 4.78 is 0. The Morgan fingerprint density at radius 3 is 2.31 bits per heavy atom. The third-order valence-electron chi connectivity index (χ3n) is 4.00. The number of hydrogen-bond acceptors (Lipinski definition) is 4. The number of aryl methyl sites for hydroxylation is 1. The summed E-state index contributed by atoms with van der Waals surface area (Å²) in [4.78, 5) is 12.3. The number of anilines is 1. The average Bonchev–Trinajstić information content (AvgIpc) is 2.69. The van der Waals surface area contributed by atoms with Gasteiger partial charge in [-0.3, -0.25) is 4.79 Å². The average molecular weight is 344 g/mol. The lowest BCUT2D eigenvalue weighted by atomic mass is 10.0. The molecule has 2 aromatic rings. The highest BCUT2D eigenvalue weighted by Crippen LogP contribution is 2.15. The van der Waals surface area contributed by atoms with Gasteiger partial charge in [-0.2, -0.15) is 10.5 Å². The minimum atomic E-state index is -0.444. The van der Waals surface area contributed by atoms with E-state index in [0.29, 0.717) is 11.3 Å². The van der Waals surface area contributed by atoms with Crippen LogP contribution >= 0.6 is 0 Å². The zero-order valence-electron chi connectivity index (χ0n) is 14.8. The quantitative estimate of drug-likeness (QED) is 0.616. The van der Waals surface area contributed by atoms with Crippen molar-refractivity contribution in [3.8, 4) is 12.1 Å². The molecule has 0 spiro atoms. The van der Waals surface area contributed by atoms with E-state index in [1.54, 1.807) is 24.3 Å². The van der Waals surface area contributed by atoms with Crippen molar-refractivity contribution in [3.05, 3.63) is 77.0 Å². The molecule has 130 valence electrons. The molecular formula is C21H20N4O. The van der Waals surface area contributed by atoms with Crippen molar-refractivity contribution >= 4 is 11.6 Å². The lowest BCUT2D eigenvalue weighted by molar-refractivity contribution is -0.117. The highest BCUT2D eigenvalue weighted by Gasteiger charge is 2.13. The highest BCUT2D eigenvalue weighted by atomic mass is 16.1. The lowest BCUT2D eigenvalue weighted by Gasteiger charge is -2.14. The van der Waals surface area contributed by atoms with Crippen molar-refractivity contribution in [1.82, 2.24) is 5.32 Å². The largest absolute Gasteiger partial charge is 0.360 e. The second-order valence-corrected chi connectivity index (χ2v) is 5.79. The maximum Gasteiger partial charge on any atom is 0.263 e. The van der Waals surface area contributed by atoms with Crippen LogP contribution in [0.4, 0.5) is 5.69 Å². The number of rotatable bonds is 6. The summed E-state index contributed by atoms with van der Waals surface area (Å²) in [7, 11) is 0. The Labute approximate surface area is 153 Å². The number of carbonyl (C=O) groups is 1. The van der Waals surface area contributed by atoms with Crippen molar-refractivity contribution in [1.29, 1.82) is 10.5 Å². The fraction of sp³-hybridized carbons (Fsp3) is 0.190. The van der Waals surface area contributed by atoms with Crippen molar-refractivity contribution in [2.45, 2.75) is 26.3 Å². The summed E-state index contributed by atoms with van der Waals surface area (Å²) >= 11 is 0. The summed E-state index contributed by atoms with van der Waals surface area (Å²) in [6, 6.07) is 18.5. The molecule has 0 aliphatic rings. The van der Waals surface area contributed by atoms with Crippen LogP contribution in [0, 0.1) is 22.7 Å². The van der Waals surface area contributed by atoms with Gasteiger partial charge in [-0.25, -0.2) is 0 Å². The summed E-state index contributed by atoms with van der Waals surface area (Å²) in [5.74, 6) is -0.444. The first kappa shape index (κ1) is 18.8. The molecule has 0 fully saturated rings. The fourth-order valence-corrected chi connectivity index (χ4v) is 2.34. The molecule has 0 heterocycles. The maximum atomic E-state index is 12.3. The molecule has 2 N–H and O–H groups in total. The van der Waals surface area contributed by atoms with Crippen LogP contribution in [-0.2, 0) is 11.2 Å². The molecule has 2 rings (SSSR count). The summed E-state index contributed by atoms with van der Waals surface area (Å²) in [5, 5.41) is 23.8. The van der Waals surface area contributed by atoms with Gasteiger partial charge in [-0.15, -0.1) is 0 Å². The summed E-state index contributed by atoms with van der Waals surface area (Å²) in [6.45, 7) is 3.97. The minimum Gasteiger partial charge on any atom is -0.360 e. The monoisotopic (exact) mass is 344 g/mol. The van der Waals surface area contributed by atoms with E-state index in [0.717, 1.165) is 12.0 Å². The number of hydrogen-bond donors (Lipinski definition) is 2. The Morgan fingerprint density at radius 2 is 1.77 bits per heavy atom. The van der Waals surface area contributed by atoms with Crippen molar-refractivity contribution in [2.75, 3.05) is 5.32 Å². The van der Waals surface area contributed by atoms with E-state index in [1.807, 2.05) is 43.3 Å². The normalized spacial score (nSPS) is 11.8. The predicted octanol–water partition coefficient (Wildman–Crippen LogP) is 3.82. The fourth-order valence-electron chi connectivity index (χ4n) is 2.34. The first-order valence-corrected chi connectivity index (χ1v) is 8.34. The molecule has 0 saturated carbocycles. The third-order valence-corrected chi connectivity index (χ3v) is 4.00. The van der Waals surface area contributed by atoms with Gasteiger partial charge in [-0.05, 0) is 48.7 Å². The molecule has 0 bridgehead atoms. The van der Waals surface area contributed by atoms with E-state index in [2.05, 4.69) is 17.6 Å². The molecule has 1 unspecified atom stereocenters. The number of carbonyl (C=O) groups excluding carboxylic acids is 1. The molecule has 1 amide bonds. The van der Waals surface area contributed by atoms with Crippen LogP contribution in [0.5, 0.6) is 0 Å². The Bertz CT molecular complexity index is 868. The van der Waals surface area contributed by atoms with E-state index in [-0.39, 0.29) is 11.6 Å². The standard InChI is InChI=1S/C21H20N4O/c1-3-16-4-8-18(9-5-16)15(2)25-21(26)19(13-23)14-24-20-10-6-17(12-22)7-11-20/h4-11,14-15,24H,3H2,1-2H3,(H,25,26)/b19-14-. The number of nitrogens with zero attached hydrogens (tertiary/aromatic N) is 2. The smallest absolute Gasteiger partial charge is 0.263 e. The zero-order chi connectivity index (χ0) is 18.9. The van der Waals surface area contributed by atoms with Gasteiger partial charge in [0.1, 0.15) is 11.6 Å². The van der Waals surface area contributed by atoms with Gasteiger partial charge in [0.25, 0.3) is 5.91 Å². The Hall–Kier alpha value is -3.57. The van der Waals surface area contributed by atoms with E-state index >= 15 is 0 Å². The van der Waals surface area contributed by atoms with E-state index < -0.39 is 5.91 Å². The molecule has 0 radical (unpaired) electrons. The second kappa shape index (κ2) is 9.05. The molecule has 0 aliphatic carbocycles. The first-order valence-electron chi connectivity index (χ1n) is 8.34. The van der Waals surface area contributed by atoms with Crippen LogP contribution in [0.2, 0.25) is 0 Å². The van der Waals surface area contributed by atoms with Crippen molar-refractivity contribution in [3.63, 3.8) is 0 Å². The van der Waals surface area contributed by atoms with Crippen LogP contribution in [0.3, 0.4) is 0 Å². The number of nitriles is 2. The van der Waals surface area contributed by atoms with Crippen LogP contribution in [-0.4, -0.2) is 5.91 Å². The Kier molecular flexibility index (Phi) is 6.53. The highest BCUT2D eigenvalue weighted by molar-refractivity contribution is 5.97.